The molecular weight excluding hydrogens is 376 g/mol. The third kappa shape index (κ3) is 2.64. The number of rotatable bonds is 3. The fraction of sp³-hybridized carbons (Fsp3) is 0.438. The highest BCUT2D eigenvalue weighted by Crippen LogP contribution is 2.34. The number of benzene rings is 1. The normalized spacial score (nSPS) is 26.8. The quantitative estimate of drug-likeness (QED) is 0.822. The van der Waals surface area contributed by atoms with Crippen LogP contribution in [-0.4, -0.2) is 47.0 Å². The SMILES string of the molecule is CCN1C(=O)C2C(c3ccc(Br)cc3)NC(=O)NC2N(CC)C1=O. The predicted molar refractivity (Wildman–Crippen MR) is 91.0 cm³/mol. The van der Waals surface area contributed by atoms with Gasteiger partial charge < -0.3 is 15.5 Å². The lowest BCUT2D eigenvalue weighted by Gasteiger charge is -2.49. The van der Waals surface area contributed by atoms with Crippen LogP contribution in [-0.2, 0) is 4.79 Å². The maximum Gasteiger partial charge on any atom is 0.328 e. The molecule has 7 nitrogen and oxygen atoms in total. The minimum atomic E-state index is -0.639. The third-order valence-electron chi connectivity index (χ3n) is 4.51. The molecule has 2 saturated heterocycles. The van der Waals surface area contributed by atoms with Gasteiger partial charge in [0.15, 0.2) is 0 Å². The maximum absolute atomic E-state index is 12.9. The van der Waals surface area contributed by atoms with Crippen molar-refractivity contribution in [3.8, 4) is 0 Å². The van der Waals surface area contributed by atoms with Gasteiger partial charge in [0.2, 0.25) is 5.91 Å². The molecule has 3 unspecified atom stereocenters. The summed E-state index contributed by atoms with van der Waals surface area (Å²) in [6.45, 7) is 4.32. The summed E-state index contributed by atoms with van der Waals surface area (Å²) in [5, 5.41) is 5.57. The van der Waals surface area contributed by atoms with E-state index in [1.165, 1.54) is 4.90 Å². The monoisotopic (exact) mass is 394 g/mol. The number of halogens is 1. The van der Waals surface area contributed by atoms with Gasteiger partial charge in [-0.25, -0.2) is 9.59 Å². The average Bonchev–Trinajstić information content (AvgIpc) is 2.55. The van der Waals surface area contributed by atoms with E-state index in [-0.39, 0.29) is 18.0 Å². The van der Waals surface area contributed by atoms with E-state index in [1.807, 2.05) is 31.2 Å². The van der Waals surface area contributed by atoms with Crippen LogP contribution in [0, 0.1) is 5.92 Å². The number of hydrogen-bond acceptors (Lipinski definition) is 3. The van der Waals surface area contributed by atoms with Crippen LogP contribution in [0.4, 0.5) is 9.59 Å². The maximum atomic E-state index is 12.9. The number of hydrogen-bond donors (Lipinski definition) is 2. The second-order valence-corrected chi connectivity index (χ2v) is 6.68. The van der Waals surface area contributed by atoms with Crippen molar-refractivity contribution in [2.75, 3.05) is 13.1 Å². The molecule has 0 saturated carbocycles. The second-order valence-electron chi connectivity index (χ2n) is 5.77. The molecule has 0 aliphatic carbocycles. The number of imide groups is 1. The molecule has 2 N–H and O–H groups in total. The van der Waals surface area contributed by atoms with Gasteiger partial charge in [-0.15, -0.1) is 0 Å². The Hall–Kier alpha value is -2.09. The predicted octanol–water partition coefficient (Wildman–Crippen LogP) is 2.05. The number of fused-ring (bicyclic) bond motifs is 1. The molecule has 8 heteroatoms. The lowest BCUT2D eigenvalue weighted by atomic mass is 9.85. The zero-order valence-electron chi connectivity index (χ0n) is 13.5. The van der Waals surface area contributed by atoms with E-state index in [0.717, 1.165) is 10.0 Å². The molecule has 2 fully saturated rings. The van der Waals surface area contributed by atoms with Crippen molar-refractivity contribution < 1.29 is 14.4 Å². The van der Waals surface area contributed by atoms with E-state index in [1.54, 1.807) is 11.8 Å². The molecule has 1 aromatic rings. The highest BCUT2D eigenvalue weighted by Gasteiger charge is 2.52. The van der Waals surface area contributed by atoms with Crippen molar-refractivity contribution in [1.29, 1.82) is 0 Å². The summed E-state index contributed by atoms with van der Waals surface area (Å²) >= 11 is 3.38. The zero-order valence-corrected chi connectivity index (χ0v) is 15.0. The first-order valence-corrected chi connectivity index (χ1v) is 8.71. The van der Waals surface area contributed by atoms with E-state index < -0.39 is 18.1 Å². The smallest absolute Gasteiger partial charge is 0.328 e. The highest BCUT2D eigenvalue weighted by atomic mass is 79.9. The van der Waals surface area contributed by atoms with Gasteiger partial charge >= 0.3 is 12.1 Å². The van der Waals surface area contributed by atoms with Crippen LogP contribution in [0.2, 0.25) is 0 Å². The van der Waals surface area contributed by atoms with Gasteiger partial charge in [-0.05, 0) is 31.5 Å². The van der Waals surface area contributed by atoms with Crippen LogP contribution >= 0.6 is 15.9 Å². The highest BCUT2D eigenvalue weighted by molar-refractivity contribution is 9.10. The molecule has 128 valence electrons. The number of nitrogens with zero attached hydrogens (tertiary/aromatic N) is 2. The molecule has 2 aliphatic heterocycles. The summed E-state index contributed by atoms with van der Waals surface area (Å²) in [6.07, 6.45) is -0.639. The molecule has 0 spiro atoms. The minimum absolute atomic E-state index is 0.266. The summed E-state index contributed by atoms with van der Waals surface area (Å²) in [6, 6.07) is 6.25. The van der Waals surface area contributed by atoms with Gasteiger partial charge in [-0.1, -0.05) is 28.1 Å². The Bertz CT molecular complexity index is 678. The van der Waals surface area contributed by atoms with Crippen molar-refractivity contribution in [2.45, 2.75) is 26.1 Å². The topological polar surface area (TPSA) is 81.8 Å². The first kappa shape index (κ1) is 16.8. The van der Waals surface area contributed by atoms with E-state index in [0.29, 0.717) is 13.1 Å². The first-order valence-electron chi connectivity index (χ1n) is 7.92. The Balaban J connectivity index is 2.04. The van der Waals surface area contributed by atoms with Crippen LogP contribution in [0.15, 0.2) is 28.7 Å². The molecule has 5 amide bonds. The van der Waals surface area contributed by atoms with Crippen molar-refractivity contribution in [1.82, 2.24) is 20.4 Å². The molecule has 3 rings (SSSR count). The Kier molecular flexibility index (Phi) is 4.49. The fourth-order valence-electron chi connectivity index (χ4n) is 3.36. The van der Waals surface area contributed by atoms with E-state index >= 15 is 0 Å². The van der Waals surface area contributed by atoms with Gasteiger partial charge in [0.05, 0.1) is 6.04 Å². The van der Waals surface area contributed by atoms with E-state index in [9.17, 15) is 14.4 Å². The molecule has 2 aliphatic rings. The van der Waals surface area contributed by atoms with E-state index in [2.05, 4.69) is 26.6 Å². The number of nitrogens with one attached hydrogen (secondary N) is 2. The van der Waals surface area contributed by atoms with Gasteiger partial charge in [-0.2, -0.15) is 0 Å². The van der Waals surface area contributed by atoms with Gasteiger partial charge in [0.25, 0.3) is 0 Å². The van der Waals surface area contributed by atoms with Crippen molar-refractivity contribution >= 4 is 33.9 Å². The van der Waals surface area contributed by atoms with Crippen LogP contribution in [0.25, 0.3) is 0 Å². The lowest BCUT2D eigenvalue weighted by molar-refractivity contribution is -0.141. The van der Waals surface area contributed by atoms with E-state index in [4.69, 9.17) is 0 Å². The Morgan fingerprint density at radius 3 is 2.29 bits per heavy atom. The van der Waals surface area contributed by atoms with Crippen LogP contribution in [0.3, 0.4) is 0 Å². The molecule has 3 atom stereocenters. The number of carbonyl (C=O) groups excluding carboxylic acids is 3. The lowest BCUT2D eigenvalue weighted by Crippen LogP contribution is -2.72. The average molecular weight is 395 g/mol. The number of urea groups is 2. The molecule has 1 aromatic carbocycles. The van der Waals surface area contributed by atoms with Crippen molar-refractivity contribution in [3.05, 3.63) is 34.3 Å². The van der Waals surface area contributed by atoms with Crippen LogP contribution < -0.4 is 10.6 Å². The Labute approximate surface area is 148 Å². The Morgan fingerprint density at radius 1 is 1.04 bits per heavy atom. The standard InChI is InChI=1S/C16H19BrN4O3/c1-3-20-13-11(14(22)21(4-2)16(20)24)12(18-15(23)19-13)9-5-7-10(17)8-6-9/h5-8,11-13H,3-4H2,1-2H3,(H2,18,19,23). The molecule has 0 aromatic heterocycles. The summed E-state index contributed by atoms with van der Waals surface area (Å²) in [5.74, 6) is -0.834. The molecule has 2 heterocycles. The summed E-state index contributed by atoms with van der Waals surface area (Å²) < 4.78 is 0.915. The zero-order chi connectivity index (χ0) is 17.4. The summed E-state index contributed by atoms with van der Waals surface area (Å²) in [7, 11) is 0. The van der Waals surface area contributed by atoms with Crippen molar-refractivity contribution in [2.24, 2.45) is 5.92 Å². The molecular formula is C16H19BrN4O3. The number of amides is 5. The number of carbonyl (C=O) groups is 3. The largest absolute Gasteiger partial charge is 0.330 e. The van der Waals surface area contributed by atoms with Gasteiger partial charge in [0.1, 0.15) is 12.1 Å². The second kappa shape index (κ2) is 6.43. The summed E-state index contributed by atoms with van der Waals surface area (Å²) in [5.41, 5.74) is 0.831. The molecule has 0 radical (unpaired) electrons. The minimum Gasteiger partial charge on any atom is -0.330 e. The van der Waals surface area contributed by atoms with Gasteiger partial charge in [0, 0.05) is 17.6 Å². The Morgan fingerprint density at radius 2 is 1.71 bits per heavy atom. The first-order chi connectivity index (χ1) is 11.5. The summed E-state index contributed by atoms with van der Waals surface area (Å²) in [4.78, 5) is 40.3. The fourth-order valence-corrected chi connectivity index (χ4v) is 3.62. The van der Waals surface area contributed by atoms with Crippen LogP contribution in [0.5, 0.6) is 0 Å². The van der Waals surface area contributed by atoms with Crippen molar-refractivity contribution in [3.63, 3.8) is 0 Å². The third-order valence-corrected chi connectivity index (χ3v) is 5.04. The van der Waals surface area contributed by atoms with Crippen LogP contribution in [0.1, 0.15) is 25.5 Å². The molecule has 24 heavy (non-hydrogen) atoms. The van der Waals surface area contributed by atoms with Gasteiger partial charge in [-0.3, -0.25) is 9.69 Å². The molecule has 0 bridgehead atoms.